The first-order valence-electron chi connectivity index (χ1n) is 12.8. The molecule has 1 N–H and O–H groups in total. The van der Waals surface area contributed by atoms with Gasteiger partial charge in [-0.05, 0) is 59.5 Å². The second-order valence-corrected chi connectivity index (χ2v) is 9.95. The molecule has 0 aliphatic rings. The lowest BCUT2D eigenvalue weighted by molar-refractivity contribution is 0.0925. The highest BCUT2D eigenvalue weighted by atomic mass is 32.2. The SMILES string of the molecule is COc1ccc(CCNC(=O)c2ccc(CSc3ccc(-c4ccc(-c5ccccc5)cc4)nn3)o2)cc1OC. The number of methoxy groups -OCH3 is 2. The molecule has 2 heterocycles. The van der Waals surface area contributed by atoms with Crippen molar-refractivity contribution in [3.8, 4) is 33.9 Å². The van der Waals surface area contributed by atoms with Crippen molar-refractivity contribution in [2.75, 3.05) is 20.8 Å². The van der Waals surface area contributed by atoms with E-state index >= 15 is 0 Å². The molecule has 0 unspecified atom stereocenters. The predicted molar refractivity (Wildman–Crippen MR) is 157 cm³/mol. The van der Waals surface area contributed by atoms with Gasteiger partial charge in [0.05, 0.1) is 25.7 Å². The number of ether oxygens (including phenoxy) is 2. The van der Waals surface area contributed by atoms with E-state index in [0.717, 1.165) is 27.4 Å². The zero-order valence-corrected chi connectivity index (χ0v) is 23.1. The van der Waals surface area contributed by atoms with E-state index in [2.05, 4.69) is 51.9 Å². The van der Waals surface area contributed by atoms with Gasteiger partial charge >= 0.3 is 0 Å². The monoisotopic (exact) mass is 551 g/mol. The van der Waals surface area contributed by atoms with Gasteiger partial charge in [0.2, 0.25) is 0 Å². The zero-order valence-electron chi connectivity index (χ0n) is 22.3. The van der Waals surface area contributed by atoms with E-state index in [1.54, 1.807) is 20.3 Å². The highest BCUT2D eigenvalue weighted by Crippen LogP contribution is 2.28. The Morgan fingerprint density at radius 2 is 1.55 bits per heavy atom. The summed E-state index contributed by atoms with van der Waals surface area (Å²) in [5.41, 5.74) is 5.20. The Labute approximate surface area is 237 Å². The van der Waals surface area contributed by atoms with Crippen molar-refractivity contribution in [2.24, 2.45) is 0 Å². The predicted octanol–water partition coefficient (Wildman–Crippen LogP) is 6.69. The Bertz CT molecular complexity index is 1550. The van der Waals surface area contributed by atoms with Gasteiger partial charge in [0, 0.05) is 12.1 Å². The van der Waals surface area contributed by atoms with Gasteiger partial charge in [0.1, 0.15) is 10.8 Å². The van der Waals surface area contributed by atoms with Gasteiger partial charge in [0.15, 0.2) is 17.3 Å². The van der Waals surface area contributed by atoms with Crippen LogP contribution in [0.3, 0.4) is 0 Å². The van der Waals surface area contributed by atoms with Gasteiger partial charge in [-0.2, -0.15) is 0 Å². The van der Waals surface area contributed by atoms with Crippen molar-refractivity contribution in [1.82, 2.24) is 15.5 Å². The van der Waals surface area contributed by atoms with E-state index in [1.165, 1.54) is 17.3 Å². The third kappa shape index (κ3) is 6.71. The number of thioether (sulfide) groups is 1. The maximum Gasteiger partial charge on any atom is 0.287 e. The molecule has 1 amide bonds. The summed E-state index contributed by atoms with van der Waals surface area (Å²) in [6.45, 7) is 0.468. The summed E-state index contributed by atoms with van der Waals surface area (Å²) in [5, 5.41) is 12.4. The Morgan fingerprint density at radius 1 is 0.800 bits per heavy atom. The highest BCUT2D eigenvalue weighted by Gasteiger charge is 2.12. The number of carbonyl (C=O) groups excluding carboxylic acids is 1. The molecule has 0 aliphatic heterocycles. The van der Waals surface area contributed by atoms with Crippen LogP contribution >= 0.6 is 11.8 Å². The summed E-state index contributed by atoms with van der Waals surface area (Å²) in [5.74, 6) is 2.60. The number of carbonyl (C=O) groups is 1. The van der Waals surface area contributed by atoms with Crippen LogP contribution in [0.1, 0.15) is 21.9 Å². The van der Waals surface area contributed by atoms with Crippen LogP contribution in [-0.4, -0.2) is 36.9 Å². The minimum Gasteiger partial charge on any atom is -0.493 e. The van der Waals surface area contributed by atoms with Crippen LogP contribution in [-0.2, 0) is 12.2 Å². The van der Waals surface area contributed by atoms with E-state index in [0.29, 0.717) is 36.0 Å². The van der Waals surface area contributed by atoms with Crippen LogP contribution in [0.2, 0.25) is 0 Å². The molecule has 0 aliphatic carbocycles. The molecule has 5 rings (SSSR count). The lowest BCUT2D eigenvalue weighted by Gasteiger charge is -2.09. The van der Waals surface area contributed by atoms with Crippen LogP contribution in [0.4, 0.5) is 0 Å². The molecular weight excluding hydrogens is 522 g/mol. The largest absolute Gasteiger partial charge is 0.493 e. The molecule has 5 aromatic rings. The second-order valence-electron chi connectivity index (χ2n) is 8.95. The Kier molecular flexibility index (Phi) is 8.78. The smallest absolute Gasteiger partial charge is 0.287 e. The molecule has 0 fully saturated rings. The quantitative estimate of drug-likeness (QED) is 0.183. The number of nitrogens with one attached hydrogen (secondary N) is 1. The van der Waals surface area contributed by atoms with Crippen LogP contribution in [0, 0.1) is 0 Å². The van der Waals surface area contributed by atoms with Crippen molar-refractivity contribution >= 4 is 17.7 Å². The standard InChI is InChI=1S/C32H29N3O4S/c1-37-28-15-8-22(20-30(28)38-2)18-19-33-32(36)29-16-13-26(39-29)21-40-31-17-14-27(34-35-31)25-11-9-24(10-12-25)23-6-4-3-5-7-23/h3-17,20H,18-19,21H2,1-2H3,(H,33,36). The fourth-order valence-electron chi connectivity index (χ4n) is 4.18. The van der Waals surface area contributed by atoms with Gasteiger partial charge < -0.3 is 19.2 Å². The normalized spacial score (nSPS) is 10.8. The number of aromatic nitrogens is 2. The van der Waals surface area contributed by atoms with Gasteiger partial charge in [-0.3, -0.25) is 4.79 Å². The molecule has 7 nitrogen and oxygen atoms in total. The summed E-state index contributed by atoms with van der Waals surface area (Å²) in [7, 11) is 3.20. The molecule has 0 radical (unpaired) electrons. The fraction of sp³-hybridized carbons (Fsp3) is 0.156. The first kappa shape index (κ1) is 27.0. The van der Waals surface area contributed by atoms with Crippen LogP contribution in [0.5, 0.6) is 11.5 Å². The zero-order chi connectivity index (χ0) is 27.7. The average Bonchev–Trinajstić information content (AvgIpc) is 3.50. The van der Waals surface area contributed by atoms with E-state index in [9.17, 15) is 4.79 Å². The summed E-state index contributed by atoms with van der Waals surface area (Å²) in [6, 6.07) is 31.7. The molecule has 8 heteroatoms. The van der Waals surface area contributed by atoms with Crippen LogP contribution in [0.15, 0.2) is 107 Å². The summed E-state index contributed by atoms with van der Waals surface area (Å²) >= 11 is 1.50. The molecule has 40 heavy (non-hydrogen) atoms. The maximum absolute atomic E-state index is 12.5. The molecule has 0 saturated heterocycles. The van der Waals surface area contributed by atoms with Gasteiger partial charge in [-0.1, -0.05) is 72.4 Å². The number of hydrogen-bond acceptors (Lipinski definition) is 7. The Hall–Kier alpha value is -4.56. The molecular formula is C32H29N3O4S. The number of amides is 1. The molecule has 0 bridgehead atoms. The molecule has 2 aromatic heterocycles. The molecule has 3 aromatic carbocycles. The number of nitrogens with zero attached hydrogens (tertiary/aromatic N) is 2. The number of benzene rings is 3. The summed E-state index contributed by atoms with van der Waals surface area (Å²) in [6.07, 6.45) is 0.654. The van der Waals surface area contributed by atoms with Crippen molar-refractivity contribution in [2.45, 2.75) is 17.2 Å². The van der Waals surface area contributed by atoms with E-state index in [4.69, 9.17) is 13.9 Å². The van der Waals surface area contributed by atoms with E-state index in [-0.39, 0.29) is 11.7 Å². The van der Waals surface area contributed by atoms with E-state index in [1.807, 2.05) is 54.6 Å². The average molecular weight is 552 g/mol. The minimum atomic E-state index is -0.251. The topological polar surface area (TPSA) is 86.5 Å². The Balaban J connectivity index is 1.10. The van der Waals surface area contributed by atoms with Crippen molar-refractivity contribution < 1.29 is 18.7 Å². The maximum atomic E-state index is 12.5. The van der Waals surface area contributed by atoms with Crippen molar-refractivity contribution in [1.29, 1.82) is 0 Å². The third-order valence-corrected chi connectivity index (χ3v) is 7.27. The van der Waals surface area contributed by atoms with Gasteiger partial charge in [-0.15, -0.1) is 10.2 Å². The second kappa shape index (κ2) is 13.0. The minimum absolute atomic E-state index is 0.251. The third-order valence-electron chi connectivity index (χ3n) is 6.32. The lowest BCUT2D eigenvalue weighted by Crippen LogP contribution is -2.25. The summed E-state index contributed by atoms with van der Waals surface area (Å²) < 4.78 is 16.4. The summed E-state index contributed by atoms with van der Waals surface area (Å²) in [4.78, 5) is 12.5. The van der Waals surface area contributed by atoms with Crippen molar-refractivity contribution in [3.63, 3.8) is 0 Å². The first-order chi connectivity index (χ1) is 19.6. The highest BCUT2D eigenvalue weighted by molar-refractivity contribution is 7.98. The first-order valence-corrected chi connectivity index (χ1v) is 13.8. The van der Waals surface area contributed by atoms with Crippen LogP contribution < -0.4 is 14.8 Å². The van der Waals surface area contributed by atoms with Crippen molar-refractivity contribution in [3.05, 3.63) is 114 Å². The van der Waals surface area contributed by atoms with E-state index < -0.39 is 0 Å². The molecule has 0 atom stereocenters. The molecule has 202 valence electrons. The molecule has 0 spiro atoms. The number of hydrogen-bond donors (Lipinski definition) is 1. The number of rotatable bonds is 11. The number of furan rings is 1. The van der Waals surface area contributed by atoms with Crippen LogP contribution in [0.25, 0.3) is 22.4 Å². The Morgan fingerprint density at radius 3 is 2.27 bits per heavy atom. The van der Waals surface area contributed by atoms with Gasteiger partial charge in [-0.25, -0.2) is 0 Å². The molecule has 0 saturated carbocycles. The fourth-order valence-corrected chi connectivity index (χ4v) is 4.89. The van der Waals surface area contributed by atoms with Gasteiger partial charge in [0.25, 0.3) is 5.91 Å². The lowest BCUT2D eigenvalue weighted by atomic mass is 10.0.